The number of hydrogen-bond acceptors (Lipinski definition) is 2. The number of rotatable bonds is 6. The van der Waals surface area contributed by atoms with Crippen molar-refractivity contribution in [2.45, 2.75) is 25.3 Å². The average Bonchev–Trinajstić information content (AvgIpc) is 2.47. The Balaban J connectivity index is 2.10. The fraction of sp³-hybridized carbons (Fsp3) is 0.222. The highest BCUT2D eigenvalue weighted by Gasteiger charge is 2.04. The van der Waals surface area contributed by atoms with E-state index in [2.05, 4.69) is 68.2 Å². The molecule has 1 nitrogen and oxygen atoms in total. The fourth-order valence-electron chi connectivity index (χ4n) is 2.08. The van der Waals surface area contributed by atoms with E-state index in [1.807, 2.05) is 17.8 Å². The molecule has 104 valence electrons. The van der Waals surface area contributed by atoms with Gasteiger partial charge >= 0.3 is 0 Å². The first kappa shape index (κ1) is 14.7. The van der Waals surface area contributed by atoms with Gasteiger partial charge in [0.1, 0.15) is 0 Å². The number of nitrogens with one attached hydrogen (secondary N) is 1. The lowest BCUT2D eigenvalue weighted by Crippen LogP contribution is -2.03. The highest BCUT2D eigenvalue weighted by molar-refractivity contribution is 7.99. The summed E-state index contributed by atoms with van der Waals surface area (Å²) in [5.74, 6) is 0.933. The summed E-state index contributed by atoms with van der Waals surface area (Å²) in [6.45, 7) is 8.98. The summed E-state index contributed by atoms with van der Waals surface area (Å²) >= 11 is 1.81. The lowest BCUT2D eigenvalue weighted by molar-refractivity contribution is 1.09. The van der Waals surface area contributed by atoms with Gasteiger partial charge in [-0.05, 0) is 42.7 Å². The van der Waals surface area contributed by atoms with Gasteiger partial charge in [-0.1, -0.05) is 36.4 Å². The van der Waals surface area contributed by atoms with E-state index in [4.69, 9.17) is 0 Å². The molecule has 0 aliphatic rings. The van der Waals surface area contributed by atoms with Crippen molar-refractivity contribution in [3.8, 4) is 0 Å². The van der Waals surface area contributed by atoms with E-state index in [0.717, 1.165) is 12.3 Å². The Morgan fingerprint density at radius 2 is 1.90 bits per heavy atom. The fourth-order valence-corrected chi connectivity index (χ4v) is 2.85. The van der Waals surface area contributed by atoms with Crippen LogP contribution in [0.1, 0.15) is 16.7 Å². The van der Waals surface area contributed by atoms with Gasteiger partial charge < -0.3 is 5.32 Å². The minimum Gasteiger partial charge on any atom is -0.380 e. The molecule has 2 heteroatoms. The van der Waals surface area contributed by atoms with Crippen LogP contribution in [0.3, 0.4) is 0 Å². The Bertz CT molecular complexity index is 590. The summed E-state index contributed by atoms with van der Waals surface area (Å²) in [6, 6.07) is 14.9. The van der Waals surface area contributed by atoms with Crippen LogP contribution in [0.25, 0.3) is 0 Å². The minimum atomic E-state index is 0.860. The van der Waals surface area contributed by atoms with Crippen LogP contribution in [-0.4, -0.2) is 5.75 Å². The molecule has 2 aromatic rings. The van der Waals surface area contributed by atoms with E-state index in [1.54, 1.807) is 0 Å². The number of aryl methyl sites for hydroxylation is 1. The van der Waals surface area contributed by atoms with Gasteiger partial charge in [-0.3, -0.25) is 0 Å². The molecule has 0 aliphatic heterocycles. The van der Waals surface area contributed by atoms with E-state index in [1.165, 1.54) is 27.3 Å². The van der Waals surface area contributed by atoms with Crippen molar-refractivity contribution in [3.05, 3.63) is 71.8 Å². The van der Waals surface area contributed by atoms with E-state index in [-0.39, 0.29) is 0 Å². The van der Waals surface area contributed by atoms with E-state index >= 15 is 0 Å². The van der Waals surface area contributed by atoms with Crippen molar-refractivity contribution in [1.82, 2.24) is 0 Å². The quantitative estimate of drug-likeness (QED) is 0.578. The van der Waals surface area contributed by atoms with Crippen LogP contribution in [0.2, 0.25) is 0 Å². The molecule has 0 heterocycles. The third-order valence-electron chi connectivity index (χ3n) is 3.43. The van der Waals surface area contributed by atoms with Crippen LogP contribution in [0.4, 0.5) is 5.69 Å². The molecule has 20 heavy (non-hydrogen) atoms. The third kappa shape index (κ3) is 3.67. The zero-order chi connectivity index (χ0) is 14.4. The van der Waals surface area contributed by atoms with E-state index in [9.17, 15) is 0 Å². The first-order valence-electron chi connectivity index (χ1n) is 6.84. The number of hydrogen-bond donors (Lipinski definition) is 1. The van der Waals surface area contributed by atoms with Gasteiger partial charge in [0.2, 0.25) is 0 Å². The van der Waals surface area contributed by atoms with Gasteiger partial charge in [-0.15, -0.1) is 18.3 Å². The second kappa shape index (κ2) is 7.20. The summed E-state index contributed by atoms with van der Waals surface area (Å²) in [5, 5.41) is 3.55. The predicted molar refractivity (Wildman–Crippen MR) is 90.6 cm³/mol. The lowest BCUT2D eigenvalue weighted by atomic mass is 10.0. The third-order valence-corrected chi connectivity index (χ3v) is 4.50. The van der Waals surface area contributed by atoms with E-state index in [0.29, 0.717) is 0 Å². The molecule has 0 aromatic heterocycles. The van der Waals surface area contributed by atoms with Crippen LogP contribution in [0.5, 0.6) is 0 Å². The Morgan fingerprint density at radius 3 is 2.70 bits per heavy atom. The first-order valence-corrected chi connectivity index (χ1v) is 7.82. The molecule has 1 N–H and O–H groups in total. The van der Waals surface area contributed by atoms with Crippen molar-refractivity contribution in [3.63, 3.8) is 0 Å². The Labute approximate surface area is 126 Å². The molecule has 0 amide bonds. The first-order chi connectivity index (χ1) is 9.72. The van der Waals surface area contributed by atoms with Gasteiger partial charge in [0.15, 0.2) is 0 Å². The van der Waals surface area contributed by atoms with Gasteiger partial charge in [-0.25, -0.2) is 0 Å². The van der Waals surface area contributed by atoms with Crippen molar-refractivity contribution in [2.75, 3.05) is 11.1 Å². The summed E-state index contributed by atoms with van der Waals surface area (Å²) in [5.41, 5.74) is 5.27. The highest BCUT2D eigenvalue weighted by atomic mass is 32.2. The molecule has 0 radical (unpaired) electrons. The zero-order valence-electron chi connectivity index (χ0n) is 12.1. The Morgan fingerprint density at radius 1 is 1.10 bits per heavy atom. The average molecular weight is 283 g/mol. The standard InChI is InChI=1S/C18H21NS/c1-4-12-20-18-11-6-5-10-17(18)19-13-16-9-7-8-14(2)15(16)3/h4-11,19H,1,12-13H2,2-3H3. The SMILES string of the molecule is C=CCSc1ccccc1NCc1cccc(C)c1C. The second-order valence-electron chi connectivity index (χ2n) is 4.81. The molecule has 0 aliphatic carbocycles. The molecule has 0 saturated carbocycles. The normalized spacial score (nSPS) is 10.3. The zero-order valence-corrected chi connectivity index (χ0v) is 13.0. The predicted octanol–water partition coefficient (Wildman–Crippen LogP) is 5.19. The van der Waals surface area contributed by atoms with Crippen LogP contribution in [0, 0.1) is 13.8 Å². The summed E-state index contributed by atoms with van der Waals surface area (Å²) in [7, 11) is 0. The van der Waals surface area contributed by atoms with Gasteiger partial charge in [0.05, 0.1) is 0 Å². The van der Waals surface area contributed by atoms with Crippen LogP contribution < -0.4 is 5.32 Å². The summed E-state index contributed by atoms with van der Waals surface area (Å²) in [6.07, 6.45) is 1.94. The smallest absolute Gasteiger partial charge is 0.0481 e. The molecule has 2 rings (SSSR count). The molecular formula is C18H21NS. The van der Waals surface area contributed by atoms with Crippen molar-refractivity contribution < 1.29 is 0 Å². The maximum absolute atomic E-state index is 3.78. The van der Waals surface area contributed by atoms with Gasteiger partial charge in [0.25, 0.3) is 0 Å². The number of anilines is 1. The number of benzene rings is 2. The van der Waals surface area contributed by atoms with Gasteiger partial charge in [-0.2, -0.15) is 0 Å². The summed E-state index contributed by atoms with van der Waals surface area (Å²) < 4.78 is 0. The topological polar surface area (TPSA) is 12.0 Å². The van der Waals surface area contributed by atoms with E-state index < -0.39 is 0 Å². The maximum Gasteiger partial charge on any atom is 0.0481 e. The number of thioether (sulfide) groups is 1. The molecule has 0 saturated heterocycles. The van der Waals surface area contributed by atoms with Crippen molar-refractivity contribution >= 4 is 17.4 Å². The molecule has 2 aromatic carbocycles. The molecule has 0 atom stereocenters. The molecular weight excluding hydrogens is 262 g/mol. The minimum absolute atomic E-state index is 0.860. The Hall–Kier alpha value is -1.67. The largest absolute Gasteiger partial charge is 0.380 e. The van der Waals surface area contributed by atoms with Crippen molar-refractivity contribution in [1.29, 1.82) is 0 Å². The summed E-state index contributed by atoms with van der Waals surface area (Å²) in [4.78, 5) is 1.28. The van der Waals surface area contributed by atoms with Gasteiger partial charge in [0, 0.05) is 22.9 Å². The van der Waals surface area contributed by atoms with Crippen molar-refractivity contribution in [2.24, 2.45) is 0 Å². The maximum atomic E-state index is 3.78. The van der Waals surface area contributed by atoms with Crippen LogP contribution in [0.15, 0.2) is 60.0 Å². The van der Waals surface area contributed by atoms with Crippen LogP contribution in [-0.2, 0) is 6.54 Å². The molecule has 0 bridgehead atoms. The molecule has 0 unspecified atom stereocenters. The highest BCUT2D eigenvalue weighted by Crippen LogP contribution is 2.27. The molecule has 0 spiro atoms. The molecule has 0 fully saturated rings. The van der Waals surface area contributed by atoms with Crippen LogP contribution >= 0.6 is 11.8 Å². The monoisotopic (exact) mass is 283 g/mol. The Kier molecular flexibility index (Phi) is 5.31. The second-order valence-corrected chi connectivity index (χ2v) is 5.87. The number of para-hydroxylation sites is 1. The lowest BCUT2D eigenvalue weighted by Gasteiger charge is -2.13.